The summed E-state index contributed by atoms with van der Waals surface area (Å²) in [7, 11) is 1.30. The molecular formula is C11H8O4S. The van der Waals surface area contributed by atoms with Gasteiger partial charge in [-0.15, -0.1) is 11.3 Å². The first-order valence-corrected chi connectivity index (χ1v) is 5.35. The zero-order chi connectivity index (χ0) is 11.7. The van der Waals surface area contributed by atoms with Crippen LogP contribution in [0.3, 0.4) is 0 Å². The second-order valence-corrected chi connectivity index (χ2v) is 4.04. The van der Waals surface area contributed by atoms with E-state index in [-0.39, 0.29) is 5.56 Å². The average molecular weight is 236 g/mol. The van der Waals surface area contributed by atoms with E-state index in [2.05, 4.69) is 4.74 Å². The number of carbonyl (C=O) groups is 2. The molecule has 0 fully saturated rings. The van der Waals surface area contributed by atoms with Crippen LogP contribution in [0.4, 0.5) is 0 Å². The van der Waals surface area contributed by atoms with E-state index in [1.807, 2.05) is 0 Å². The molecule has 4 nitrogen and oxygen atoms in total. The molecule has 0 spiro atoms. The molecule has 1 N–H and O–H groups in total. The Kier molecular flexibility index (Phi) is 2.62. The number of esters is 1. The number of carboxylic acid groups (broad SMARTS) is 1. The highest BCUT2D eigenvalue weighted by Crippen LogP contribution is 2.28. The number of hydrogen-bond donors (Lipinski definition) is 1. The summed E-state index contributed by atoms with van der Waals surface area (Å²) in [5.74, 6) is -1.45. The van der Waals surface area contributed by atoms with E-state index >= 15 is 0 Å². The Morgan fingerprint density at radius 1 is 1.25 bits per heavy atom. The first kappa shape index (κ1) is 10.6. The summed E-state index contributed by atoms with van der Waals surface area (Å²) >= 11 is 1.30. The van der Waals surface area contributed by atoms with Crippen molar-refractivity contribution in [2.75, 3.05) is 7.11 Å². The van der Waals surface area contributed by atoms with Crippen LogP contribution in [-0.2, 0) is 4.74 Å². The Morgan fingerprint density at radius 2 is 1.94 bits per heavy atom. The zero-order valence-electron chi connectivity index (χ0n) is 8.39. The van der Waals surface area contributed by atoms with Gasteiger partial charge in [0.2, 0.25) is 0 Å². The largest absolute Gasteiger partial charge is 0.478 e. The summed E-state index contributed by atoms with van der Waals surface area (Å²) in [6, 6.07) is 4.62. The number of fused-ring (bicyclic) bond motifs is 1. The molecular weight excluding hydrogens is 228 g/mol. The van der Waals surface area contributed by atoms with Gasteiger partial charge in [-0.3, -0.25) is 0 Å². The lowest BCUT2D eigenvalue weighted by atomic mass is 10.1. The maximum absolute atomic E-state index is 11.4. The van der Waals surface area contributed by atoms with E-state index in [1.165, 1.54) is 30.6 Å². The summed E-state index contributed by atoms with van der Waals surface area (Å²) < 4.78 is 5.23. The van der Waals surface area contributed by atoms with Crippen molar-refractivity contribution in [3.8, 4) is 0 Å². The minimum atomic E-state index is -0.996. The number of hydrogen-bond acceptors (Lipinski definition) is 4. The van der Waals surface area contributed by atoms with E-state index in [0.717, 1.165) is 0 Å². The molecule has 5 heteroatoms. The Morgan fingerprint density at radius 3 is 2.56 bits per heavy atom. The molecule has 0 aliphatic rings. The van der Waals surface area contributed by atoms with Crippen LogP contribution in [0.25, 0.3) is 10.1 Å². The molecule has 0 atom stereocenters. The van der Waals surface area contributed by atoms with Gasteiger partial charge >= 0.3 is 11.9 Å². The van der Waals surface area contributed by atoms with Crippen molar-refractivity contribution < 1.29 is 19.4 Å². The van der Waals surface area contributed by atoms with E-state index in [1.54, 1.807) is 11.4 Å². The van der Waals surface area contributed by atoms with Gasteiger partial charge in [0.15, 0.2) is 0 Å². The number of methoxy groups -OCH3 is 1. The van der Waals surface area contributed by atoms with Crippen molar-refractivity contribution in [1.29, 1.82) is 0 Å². The fourth-order valence-corrected chi connectivity index (χ4v) is 2.45. The topological polar surface area (TPSA) is 63.6 Å². The van der Waals surface area contributed by atoms with Crippen LogP contribution in [0.2, 0.25) is 0 Å². The predicted octanol–water partition coefficient (Wildman–Crippen LogP) is 2.39. The van der Waals surface area contributed by atoms with Crippen LogP contribution in [0.15, 0.2) is 23.6 Å². The molecule has 1 heterocycles. The minimum Gasteiger partial charge on any atom is -0.478 e. The van der Waals surface area contributed by atoms with E-state index < -0.39 is 11.9 Å². The second kappa shape index (κ2) is 3.94. The molecule has 0 aliphatic heterocycles. The van der Waals surface area contributed by atoms with Gasteiger partial charge in [-0.1, -0.05) is 0 Å². The molecule has 0 radical (unpaired) electrons. The molecule has 16 heavy (non-hydrogen) atoms. The molecule has 82 valence electrons. The molecule has 2 aromatic rings. The third kappa shape index (κ3) is 1.55. The molecule has 2 rings (SSSR count). The predicted molar refractivity (Wildman–Crippen MR) is 60.1 cm³/mol. The van der Waals surface area contributed by atoms with Crippen LogP contribution in [-0.4, -0.2) is 24.2 Å². The SMILES string of the molecule is COC(=O)c1ccc(C(=O)O)c2sccc12. The maximum atomic E-state index is 11.4. The number of ether oxygens (including phenoxy) is 1. The van der Waals surface area contributed by atoms with Crippen LogP contribution in [0.1, 0.15) is 20.7 Å². The van der Waals surface area contributed by atoms with Crippen molar-refractivity contribution in [2.24, 2.45) is 0 Å². The van der Waals surface area contributed by atoms with Crippen molar-refractivity contribution in [1.82, 2.24) is 0 Å². The number of thiophene rings is 1. The normalized spacial score (nSPS) is 10.3. The fraction of sp³-hybridized carbons (Fsp3) is 0.0909. The monoisotopic (exact) mass is 236 g/mol. The lowest BCUT2D eigenvalue weighted by molar-refractivity contribution is 0.0601. The maximum Gasteiger partial charge on any atom is 0.338 e. The number of carboxylic acids is 1. The van der Waals surface area contributed by atoms with Gasteiger partial charge in [0.1, 0.15) is 0 Å². The smallest absolute Gasteiger partial charge is 0.338 e. The van der Waals surface area contributed by atoms with Crippen molar-refractivity contribution >= 4 is 33.4 Å². The van der Waals surface area contributed by atoms with Gasteiger partial charge in [-0.25, -0.2) is 9.59 Å². The number of benzene rings is 1. The Hall–Kier alpha value is -1.88. The van der Waals surface area contributed by atoms with Gasteiger partial charge < -0.3 is 9.84 Å². The first-order valence-electron chi connectivity index (χ1n) is 4.47. The first-order chi connectivity index (χ1) is 7.65. The third-order valence-corrected chi connectivity index (χ3v) is 3.20. The summed E-state index contributed by atoms with van der Waals surface area (Å²) in [6.45, 7) is 0. The van der Waals surface area contributed by atoms with Crippen molar-refractivity contribution in [3.63, 3.8) is 0 Å². The fourth-order valence-electron chi connectivity index (χ4n) is 1.52. The van der Waals surface area contributed by atoms with Crippen LogP contribution in [0.5, 0.6) is 0 Å². The van der Waals surface area contributed by atoms with Gasteiger partial charge in [-0.05, 0) is 23.6 Å². The molecule has 0 unspecified atom stereocenters. The average Bonchev–Trinajstić information content (AvgIpc) is 2.75. The Bertz CT molecular complexity index is 570. The van der Waals surface area contributed by atoms with Crippen LogP contribution < -0.4 is 0 Å². The number of aromatic carboxylic acids is 1. The van der Waals surface area contributed by atoms with Crippen LogP contribution >= 0.6 is 11.3 Å². The number of carbonyl (C=O) groups excluding carboxylic acids is 1. The molecule has 0 saturated carbocycles. The molecule has 1 aromatic carbocycles. The summed E-state index contributed by atoms with van der Waals surface area (Å²) in [6.07, 6.45) is 0. The molecule has 0 bridgehead atoms. The summed E-state index contributed by atoms with van der Waals surface area (Å²) in [5, 5.41) is 11.4. The standard InChI is InChI=1S/C11H8O4S/c1-15-11(14)7-2-3-8(10(12)13)9-6(7)4-5-16-9/h2-5H,1H3,(H,12,13). The second-order valence-electron chi connectivity index (χ2n) is 3.12. The van der Waals surface area contributed by atoms with E-state index in [0.29, 0.717) is 15.6 Å². The minimum absolute atomic E-state index is 0.206. The summed E-state index contributed by atoms with van der Waals surface area (Å²) in [5.41, 5.74) is 0.599. The Balaban J connectivity index is 2.73. The van der Waals surface area contributed by atoms with Gasteiger partial charge in [-0.2, -0.15) is 0 Å². The van der Waals surface area contributed by atoms with E-state index in [4.69, 9.17) is 5.11 Å². The lowest BCUT2D eigenvalue weighted by Gasteiger charge is -2.03. The highest BCUT2D eigenvalue weighted by atomic mass is 32.1. The molecule has 0 amide bonds. The summed E-state index contributed by atoms with van der Waals surface area (Å²) in [4.78, 5) is 22.4. The Labute approximate surface area is 95.1 Å². The van der Waals surface area contributed by atoms with Crippen molar-refractivity contribution in [2.45, 2.75) is 0 Å². The lowest BCUT2D eigenvalue weighted by Crippen LogP contribution is -2.03. The van der Waals surface area contributed by atoms with Gasteiger partial charge in [0, 0.05) is 10.1 Å². The van der Waals surface area contributed by atoms with E-state index in [9.17, 15) is 9.59 Å². The molecule has 0 aliphatic carbocycles. The quantitative estimate of drug-likeness (QED) is 0.813. The van der Waals surface area contributed by atoms with Crippen molar-refractivity contribution in [3.05, 3.63) is 34.7 Å². The van der Waals surface area contributed by atoms with Gasteiger partial charge in [0.05, 0.1) is 18.2 Å². The van der Waals surface area contributed by atoms with Crippen LogP contribution in [0, 0.1) is 0 Å². The highest BCUT2D eigenvalue weighted by molar-refractivity contribution is 7.17. The highest BCUT2D eigenvalue weighted by Gasteiger charge is 2.16. The third-order valence-electron chi connectivity index (χ3n) is 2.25. The molecule has 1 aromatic heterocycles. The molecule has 0 saturated heterocycles. The number of rotatable bonds is 2. The zero-order valence-corrected chi connectivity index (χ0v) is 9.21. The van der Waals surface area contributed by atoms with Gasteiger partial charge in [0.25, 0.3) is 0 Å².